The maximum atomic E-state index is 13.9. The molecule has 0 aliphatic carbocycles. The standard InChI is InChI=1S/C22H20FN3O3S/c1-29-20-9-6-14-10-15(7-8-17(14)25-20)24-21(27)18-12-30-19(22(28)26-18)11-13-4-2-3-5-16(13)23/h2-10,18-19H,11-12H2,1H3,(H,24,27)(H,26,28)/t18-,19+/m0/s1. The number of rotatable bonds is 5. The monoisotopic (exact) mass is 425 g/mol. The summed E-state index contributed by atoms with van der Waals surface area (Å²) in [5, 5.41) is 6.03. The van der Waals surface area contributed by atoms with Gasteiger partial charge in [0.15, 0.2) is 0 Å². The first-order chi connectivity index (χ1) is 14.5. The van der Waals surface area contributed by atoms with Crippen LogP contribution in [-0.2, 0) is 16.0 Å². The number of thioether (sulfide) groups is 1. The second-order valence-corrected chi connectivity index (χ2v) is 8.16. The molecule has 0 unspecified atom stereocenters. The minimum atomic E-state index is -0.649. The van der Waals surface area contributed by atoms with Crippen molar-refractivity contribution >= 4 is 40.2 Å². The van der Waals surface area contributed by atoms with Gasteiger partial charge in [-0.3, -0.25) is 9.59 Å². The van der Waals surface area contributed by atoms with E-state index in [0.717, 1.165) is 10.9 Å². The third-order valence-corrected chi connectivity index (χ3v) is 6.20. The van der Waals surface area contributed by atoms with Crippen LogP contribution in [0.25, 0.3) is 10.9 Å². The largest absolute Gasteiger partial charge is 0.481 e. The Balaban J connectivity index is 1.38. The minimum Gasteiger partial charge on any atom is -0.481 e. The lowest BCUT2D eigenvalue weighted by atomic mass is 10.1. The van der Waals surface area contributed by atoms with Crippen molar-refractivity contribution in [3.05, 3.63) is 66.0 Å². The molecule has 154 valence electrons. The smallest absolute Gasteiger partial charge is 0.247 e. The highest BCUT2D eigenvalue weighted by atomic mass is 32.2. The van der Waals surface area contributed by atoms with Crippen LogP contribution in [0.4, 0.5) is 10.1 Å². The van der Waals surface area contributed by atoms with Gasteiger partial charge in [-0.05, 0) is 42.3 Å². The van der Waals surface area contributed by atoms with Crippen LogP contribution in [0.1, 0.15) is 5.56 Å². The van der Waals surface area contributed by atoms with Crippen LogP contribution >= 0.6 is 11.8 Å². The number of nitrogens with one attached hydrogen (secondary N) is 2. The lowest BCUT2D eigenvalue weighted by Crippen LogP contribution is -2.52. The Kier molecular flexibility index (Phi) is 5.85. The number of fused-ring (bicyclic) bond motifs is 1. The van der Waals surface area contributed by atoms with Gasteiger partial charge in [-0.15, -0.1) is 11.8 Å². The Morgan fingerprint density at radius 3 is 2.87 bits per heavy atom. The Labute approximate surface area is 177 Å². The molecule has 8 heteroatoms. The van der Waals surface area contributed by atoms with Crippen LogP contribution in [0.3, 0.4) is 0 Å². The van der Waals surface area contributed by atoms with Crippen LogP contribution < -0.4 is 15.4 Å². The number of pyridine rings is 1. The van der Waals surface area contributed by atoms with Crippen LogP contribution in [0.5, 0.6) is 5.88 Å². The number of carbonyl (C=O) groups excluding carboxylic acids is 2. The molecular formula is C22H20FN3O3S. The highest BCUT2D eigenvalue weighted by Gasteiger charge is 2.32. The third-order valence-electron chi connectivity index (χ3n) is 4.89. The number of benzene rings is 2. The molecule has 4 rings (SSSR count). The fourth-order valence-corrected chi connectivity index (χ4v) is 4.45. The van der Waals surface area contributed by atoms with E-state index in [2.05, 4.69) is 15.6 Å². The van der Waals surface area contributed by atoms with Crippen molar-refractivity contribution in [3.8, 4) is 5.88 Å². The highest BCUT2D eigenvalue weighted by Crippen LogP contribution is 2.25. The number of halogens is 1. The summed E-state index contributed by atoms with van der Waals surface area (Å²) in [5.41, 5.74) is 1.87. The van der Waals surface area contributed by atoms with E-state index in [1.807, 2.05) is 12.1 Å². The van der Waals surface area contributed by atoms with Gasteiger partial charge in [-0.25, -0.2) is 9.37 Å². The molecule has 2 amide bonds. The number of amides is 2. The lowest BCUT2D eigenvalue weighted by Gasteiger charge is -2.28. The van der Waals surface area contributed by atoms with Gasteiger partial charge in [-0.2, -0.15) is 0 Å². The Morgan fingerprint density at radius 2 is 2.10 bits per heavy atom. The molecule has 0 saturated carbocycles. The second kappa shape index (κ2) is 8.71. The van der Waals surface area contributed by atoms with E-state index in [1.165, 1.54) is 17.8 Å². The van der Waals surface area contributed by atoms with Gasteiger partial charge in [-0.1, -0.05) is 18.2 Å². The first kappa shape index (κ1) is 20.2. The molecule has 0 radical (unpaired) electrons. The van der Waals surface area contributed by atoms with Crippen LogP contribution in [0.15, 0.2) is 54.6 Å². The summed E-state index contributed by atoms with van der Waals surface area (Å²) in [6.45, 7) is 0. The first-order valence-corrected chi connectivity index (χ1v) is 10.5. The van der Waals surface area contributed by atoms with E-state index in [9.17, 15) is 14.0 Å². The fourth-order valence-electron chi connectivity index (χ4n) is 3.28. The molecule has 2 aromatic carbocycles. The zero-order valence-electron chi connectivity index (χ0n) is 16.2. The number of ether oxygens (including phenoxy) is 1. The molecule has 1 aliphatic heterocycles. The SMILES string of the molecule is COc1ccc2cc(NC(=O)[C@@H]3CS[C@H](Cc4ccccc4F)C(=O)N3)ccc2n1. The average Bonchev–Trinajstić information content (AvgIpc) is 2.76. The Hall–Kier alpha value is -3.13. The molecule has 6 nitrogen and oxygen atoms in total. The van der Waals surface area contributed by atoms with Gasteiger partial charge in [0, 0.05) is 22.9 Å². The van der Waals surface area contributed by atoms with Gasteiger partial charge in [0.25, 0.3) is 0 Å². The highest BCUT2D eigenvalue weighted by molar-refractivity contribution is 8.00. The number of methoxy groups -OCH3 is 1. The molecule has 1 fully saturated rings. The normalized spacial score (nSPS) is 18.7. The number of carbonyl (C=O) groups is 2. The van der Waals surface area contributed by atoms with Crippen LogP contribution in [0.2, 0.25) is 0 Å². The molecule has 1 saturated heterocycles. The van der Waals surface area contributed by atoms with Crippen molar-refractivity contribution in [1.29, 1.82) is 0 Å². The van der Waals surface area contributed by atoms with Crippen LogP contribution in [-0.4, -0.2) is 41.0 Å². The summed E-state index contributed by atoms with van der Waals surface area (Å²) in [6.07, 6.45) is 0.290. The predicted octanol–water partition coefficient (Wildman–Crippen LogP) is 3.16. The van der Waals surface area contributed by atoms with Gasteiger partial charge < -0.3 is 15.4 Å². The van der Waals surface area contributed by atoms with Gasteiger partial charge in [0.2, 0.25) is 17.7 Å². The molecule has 0 spiro atoms. The third kappa shape index (κ3) is 4.38. The fraction of sp³-hybridized carbons (Fsp3) is 0.227. The van der Waals surface area contributed by atoms with Crippen molar-refractivity contribution in [3.63, 3.8) is 0 Å². The molecule has 1 aliphatic rings. The molecule has 2 heterocycles. The quantitative estimate of drug-likeness (QED) is 0.656. The topological polar surface area (TPSA) is 80.3 Å². The van der Waals surface area contributed by atoms with E-state index < -0.39 is 11.3 Å². The van der Waals surface area contributed by atoms with Crippen molar-refractivity contribution in [2.75, 3.05) is 18.2 Å². The van der Waals surface area contributed by atoms with Crippen molar-refractivity contribution < 1.29 is 18.7 Å². The lowest BCUT2D eigenvalue weighted by molar-refractivity contribution is -0.126. The number of anilines is 1. The molecule has 1 aromatic heterocycles. The maximum absolute atomic E-state index is 13.9. The maximum Gasteiger partial charge on any atom is 0.247 e. The summed E-state index contributed by atoms with van der Waals surface area (Å²) in [4.78, 5) is 29.4. The van der Waals surface area contributed by atoms with E-state index in [0.29, 0.717) is 29.3 Å². The molecule has 3 aromatic rings. The van der Waals surface area contributed by atoms with Crippen molar-refractivity contribution in [2.24, 2.45) is 0 Å². The summed E-state index contributed by atoms with van der Waals surface area (Å²) in [7, 11) is 1.56. The molecular weight excluding hydrogens is 405 g/mol. The van der Waals surface area contributed by atoms with E-state index in [4.69, 9.17) is 4.74 Å². The zero-order chi connectivity index (χ0) is 21.1. The summed E-state index contributed by atoms with van der Waals surface area (Å²) in [5.74, 6) is 0.0639. The zero-order valence-corrected chi connectivity index (χ0v) is 17.0. The summed E-state index contributed by atoms with van der Waals surface area (Å²) >= 11 is 1.37. The van der Waals surface area contributed by atoms with Gasteiger partial charge in [0.1, 0.15) is 11.9 Å². The molecule has 30 heavy (non-hydrogen) atoms. The molecule has 2 N–H and O–H groups in total. The summed E-state index contributed by atoms with van der Waals surface area (Å²) in [6, 6.07) is 14.8. The Bertz CT molecular complexity index is 1110. The van der Waals surface area contributed by atoms with E-state index >= 15 is 0 Å². The molecule has 0 bridgehead atoms. The second-order valence-electron chi connectivity index (χ2n) is 6.93. The van der Waals surface area contributed by atoms with E-state index in [1.54, 1.807) is 43.5 Å². The molecule has 2 atom stereocenters. The van der Waals surface area contributed by atoms with Gasteiger partial charge >= 0.3 is 0 Å². The van der Waals surface area contributed by atoms with Crippen molar-refractivity contribution in [1.82, 2.24) is 10.3 Å². The predicted molar refractivity (Wildman–Crippen MR) is 115 cm³/mol. The van der Waals surface area contributed by atoms with E-state index in [-0.39, 0.29) is 17.6 Å². The Morgan fingerprint density at radius 1 is 1.27 bits per heavy atom. The number of hydrogen-bond acceptors (Lipinski definition) is 5. The number of hydrogen-bond donors (Lipinski definition) is 2. The first-order valence-electron chi connectivity index (χ1n) is 9.44. The minimum absolute atomic E-state index is 0.260. The van der Waals surface area contributed by atoms with Gasteiger partial charge in [0.05, 0.1) is 17.9 Å². The summed E-state index contributed by atoms with van der Waals surface area (Å²) < 4.78 is 19.0. The average molecular weight is 425 g/mol. The number of nitrogens with zero attached hydrogens (tertiary/aromatic N) is 1. The number of aromatic nitrogens is 1. The van der Waals surface area contributed by atoms with Crippen LogP contribution in [0, 0.1) is 5.82 Å². The van der Waals surface area contributed by atoms with Crippen molar-refractivity contribution in [2.45, 2.75) is 17.7 Å².